The fourth-order valence-corrected chi connectivity index (χ4v) is 4.16. The Balaban J connectivity index is 1.35. The molecule has 98 valence electrons. The van der Waals surface area contributed by atoms with Crippen molar-refractivity contribution in [2.45, 2.75) is 29.4 Å². The molecule has 1 N–H and O–H groups in total. The van der Waals surface area contributed by atoms with Crippen LogP contribution in [0.2, 0.25) is 0 Å². The van der Waals surface area contributed by atoms with Crippen LogP contribution in [0, 0.1) is 0 Å². The summed E-state index contributed by atoms with van der Waals surface area (Å²) in [6.45, 7) is 6.14. The van der Waals surface area contributed by atoms with Crippen molar-refractivity contribution in [2.24, 2.45) is 0 Å². The van der Waals surface area contributed by atoms with Gasteiger partial charge in [0.15, 0.2) is 0 Å². The van der Waals surface area contributed by atoms with Crippen LogP contribution in [0.4, 0.5) is 0 Å². The first kappa shape index (κ1) is 12.5. The van der Waals surface area contributed by atoms with E-state index in [1.165, 1.54) is 49.4 Å². The Labute approximate surface area is 114 Å². The number of rotatable bonds is 5. The second-order valence-corrected chi connectivity index (χ2v) is 6.65. The van der Waals surface area contributed by atoms with Gasteiger partial charge in [-0.1, -0.05) is 18.2 Å². The molecule has 2 aliphatic rings. The number of likely N-dealkylation sites (tertiary alicyclic amines) is 1. The molecule has 0 saturated carbocycles. The molecule has 1 aromatic rings. The first-order valence-electron chi connectivity index (χ1n) is 7.09. The van der Waals surface area contributed by atoms with Crippen molar-refractivity contribution < 1.29 is 0 Å². The third kappa shape index (κ3) is 3.08. The summed E-state index contributed by atoms with van der Waals surface area (Å²) >= 11 is 2.04. The Kier molecular flexibility index (Phi) is 4.24. The molecular weight excluding hydrogens is 240 g/mol. The minimum Gasteiger partial charge on any atom is -0.314 e. The third-order valence-electron chi connectivity index (χ3n) is 3.89. The van der Waals surface area contributed by atoms with E-state index in [2.05, 4.69) is 34.5 Å². The highest BCUT2D eigenvalue weighted by atomic mass is 32.2. The predicted octanol–water partition coefficient (Wildman–Crippen LogP) is 2.39. The number of thioether (sulfide) groups is 1. The highest BCUT2D eigenvalue weighted by Gasteiger charge is 2.21. The summed E-state index contributed by atoms with van der Waals surface area (Å²) in [6.07, 6.45) is 4.03. The number of hydrogen-bond acceptors (Lipinski definition) is 3. The van der Waals surface area contributed by atoms with Crippen LogP contribution in [-0.4, -0.2) is 42.9 Å². The largest absolute Gasteiger partial charge is 0.314 e. The molecule has 2 heterocycles. The van der Waals surface area contributed by atoms with Crippen LogP contribution in [0.5, 0.6) is 0 Å². The maximum Gasteiger partial charge on any atom is 0.0260 e. The van der Waals surface area contributed by atoms with Gasteiger partial charge in [-0.3, -0.25) is 0 Å². The van der Waals surface area contributed by atoms with Gasteiger partial charge in [-0.15, -0.1) is 11.8 Å². The van der Waals surface area contributed by atoms with Gasteiger partial charge in [0.2, 0.25) is 0 Å². The van der Waals surface area contributed by atoms with Gasteiger partial charge in [0.25, 0.3) is 0 Å². The van der Waals surface area contributed by atoms with Crippen LogP contribution in [-0.2, 0) is 6.42 Å². The topological polar surface area (TPSA) is 15.3 Å². The van der Waals surface area contributed by atoms with Crippen molar-refractivity contribution in [1.29, 1.82) is 0 Å². The Hall–Kier alpha value is -0.510. The summed E-state index contributed by atoms with van der Waals surface area (Å²) in [5, 5.41) is 4.36. The maximum atomic E-state index is 3.63. The van der Waals surface area contributed by atoms with Crippen molar-refractivity contribution >= 4 is 11.8 Å². The van der Waals surface area contributed by atoms with Crippen LogP contribution < -0.4 is 5.32 Å². The minimum absolute atomic E-state index is 0.737. The lowest BCUT2D eigenvalue weighted by molar-refractivity contribution is 0.336. The summed E-state index contributed by atoms with van der Waals surface area (Å²) in [5.41, 5.74) is 1.54. The molecule has 0 aromatic heterocycles. The van der Waals surface area contributed by atoms with E-state index in [-0.39, 0.29) is 0 Å². The fourth-order valence-electron chi connectivity index (χ4n) is 2.87. The highest BCUT2D eigenvalue weighted by molar-refractivity contribution is 8.00. The molecule has 0 radical (unpaired) electrons. The molecule has 1 saturated heterocycles. The average Bonchev–Trinajstić information content (AvgIpc) is 3.03. The van der Waals surface area contributed by atoms with Gasteiger partial charge < -0.3 is 10.2 Å². The van der Waals surface area contributed by atoms with E-state index in [0.717, 1.165) is 18.3 Å². The summed E-state index contributed by atoms with van der Waals surface area (Å²) in [6, 6.07) is 8.83. The van der Waals surface area contributed by atoms with Crippen LogP contribution in [0.15, 0.2) is 29.2 Å². The number of hydrogen-bond donors (Lipinski definition) is 1. The summed E-state index contributed by atoms with van der Waals surface area (Å²) < 4.78 is 0. The first-order chi connectivity index (χ1) is 8.92. The van der Waals surface area contributed by atoms with Crippen molar-refractivity contribution in [3.8, 4) is 0 Å². The Morgan fingerprint density at radius 3 is 2.89 bits per heavy atom. The molecule has 2 nitrogen and oxygen atoms in total. The van der Waals surface area contributed by atoms with Crippen molar-refractivity contribution in [1.82, 2.24) is 10.2 Å². The quantitative estimate of drug-likeness (QED) is 0.820. The molecule has 1 unspecified atom stereocenters. The Bertz CT molecular complexity index is 363. The highest BCUT2D eigenvalue weighted by Crippen LogP contribution is 2.36. The van der Waals surface area contributed by atoms with E-state index in [0.29, 0.717) is 0 Å². The second-order valence-electron chi connectivity index (χ2n) is 5.30. The van der Waals surface area contributed by atoms with Crippen molar-refractivity contribution in [2.75, 3.05) is 32.7 Å². The molecular formula is C15H22N2S. The molecule has 18 heavy (non-hydrogen) atoms. The van der Waals surface area contributed by atoms with E-state index in [4.69, 9.17) is 0 Å². The number of nitrogens with zero attached hydrogens (tertiary/aromatic N) is 1. The average molecular weight is 262 g/mol. The zero-order chi connectivity index (χ0) is 12.2. The van der Waals surface area contributed by atoms with E-state index >= 15 is 0 Å². The molecule has 1 atom stereocenters. The van der Waals surface area contributed by atoms with Crippen LogP contribution in [0.25, 0.3) is 0 Å². The predicted molar refractivity (Wildman–Crippen MR) is 78.3 cm³/mol. The van der Waals surface area contributed by atoms with Crippen LogP contribution in [0.3, 0.4) is 0 Å². The number of nitrogens with one attached hydrogen (secondary N) is 1. The lowest BCUT2D eigenvalue weighted by Gasteiger charge is -2.16. The first-order valence-corrected chi connectivity index (χ1v) is 7.97. The molecule has 3 rings (SSSR count). The zero-order valence-electron chi connectivity index (χ0n) is 10.9. The summed E-state index contributed by atoms with van der Waals surface area (Å²) in [4.78, 5) is 4.06. The second kappa shape index (κ2) is 6.09. The van der Waals surface area contributed by atoms with Crippen LogP contribution in [0.1, 0.15) is 18.4 Å². The molecule has 1 aromatic carbocycles. The zero-order valence-corrected chi connectivity index (χ0v) is 11.7. The fraction of sp³-hybridized carbons (Fsp3) is 0.600. The summed E-state index contributed by atoms with van der Waals surface area (Å²) in [5.74, 6) is 0. The SMILES string of the molecule is c1ccc2c(c1)CC(CNCCN1CCCC1)S2. The number of benzene rings is 1. The standard InChI is InChI=1S/C15H22N2S/c1-2-6-15-13(5-1)11-14(18-15)12-16-7-10-17-8-3-4-9-17/h1-2,5-6,14,16H,3-4,7-12H2. The van der Waals surface area contributed by atoms with Gasteiger partial charge >= 0.3 is 0 Å². The van der Waals surface area contributed by atoms with Gasteiger partial charge in [0.1, 0.15) is 0 Å². The lowest BCUT2D eigenvalue weighted by Crippen LogP contribution is -2.33. The molecule has 3 heteroatoms. The molecule has 0 amide bonds. The van der Waals surface area contributed by atoms with Gasteiger partial charge in [0, 0.05) is 29.8 Å². The van der Waals surface area contributed by atoms with E-state index in [1.54, 1.807) is 0 Å². The van der Waals surface area contributed by atoms with Crippen molar-refractivity contribution in [3.63, 3.8) is 0 Å². The van der Waals surface area contributed by atoms with Gasteiger partial charge in [-0.25, -0.2) is 0 Å². The maximum absolute atomic E-state index is 3.63. The molecule has 1 fully saturated rings. The van der Waals surface area contributed by atoms with Crippen LogP contribution >= 0.6 is 11.8 Å². The molecule has 0 spiro atoms. The van der Waals surface area contributed by atoms with E-state index in [1.807, 2.05) is 11.8 Å². The van der Waals surface area contributed by atoms with E-state index in [9.17, 15) is 0 Å². The smallest absolute Gasteiger partial charge is 0.0260 e. The minimum atomic E-state index is 0.737. The lowest BCUT2D eigenvalue weighted by atomic mass is 10.1. The number of fused-ring (bicyclic) bond motifs is 1. The summed E-state index contributed by atoms with van der Waals surface area (Å²) in [7, 11) is 0. The van der Waals surface area contributed by atoms with Gasteiger partial charge in [-0.05, 0) is 44.0 Å². The Morgan fingerprint density at radius 2 is 2.06 bits per heavy atom. The van der Waals surface area contributed by atoms with Gasteiger partial charge in [0.05, 0.1) is 0 Å². The molecule has 0 aliphatic carbocycles. The van der Waals surface area contributed by atoms with Gasteiger partial charge in [-0.2, -0.15) is 0 Å². The molecule has 2 aliphatic heterocycles. The normalized spacial score (nSPS) is 23.4. The monoisotopic (exact) mass is 262 g/mol. The molecule has 0 bridgehead atoms. The van der Waals surface area contributed by atoms with E-state index < -0.39 is 0 Å². The van der Waals surface area contributed by atoms with Crippen molar-refractivity contribution in [3.05, 3.63) is 29.8 Å². The third-order valence-corrected chi connectivity index (χ3v) is 5.21. The Morgan fingerprint density at radius 1 is 1.22 bits per heavy atom.